The van der Waals surface area contributed by atoms with E-state index in [1.165, 1.54) is 6.07 Å². The molecule has 0 bridgehead atoms. The van der Waals surface area contributed by atoms with Crippen molar-refractivity contribution in [3.8, 4) is 0 Å². The van der Waals surface area contributed by atoms with Crippen LogP contribution in [0.1, 0.15) is 0 Å². The molecule has 0 atom stereocenters. The second-order valence-corrected chi connectivity index (χ2v) is 4.05. The number of nitrogens with zero attached hydrogens (tertiary/aromatic N) is 1. The van der Waals surface area contributed by atoms with Crippen LogP contribution in [0.15, 0.2) is 42.5 Å². The van der Waals surface area contributed by atoms with E-state index >= 15 is 0 Å². The quantitative estimate of drug-likeness (QED) is 0.504. The molecule has 0 aliphatic heterocycles. The molecule has 0 aromatic heterocycles. The first-order valence-electron chi connectivity index (χ1n) is 5.13. The summed E-state index contributed by atoms with van der Waals surface area (Å²) in [6.45, 7) is 0. The van der Waals surface area contributed by atoms with Crippen LogP contribution in [0.3, 0.4) is 0 Å². The highest BCUT2D eigenvalue weighted by atomic mass is 35.5. The number of nitrogens with two attached hydrogens (primary N) is 1. The fourth-order valence-electron chi connectivity index (χ4n) is 1.52. The van der Waals surface area contributed by atoms with E-state index < -0.39 is 4.92 Å². The highest BCUT2D eigenvalue weighted by Gasteiger charge is 2.13. The summed E-state index contributed by atoms with van der Waals surface area (Å²) in [5, 5.41) is 14.2. The molecule has 0 amide bonds. The average molecular weight is 264 g/mol. The number of nitro groups is 1. The summed E-state index contributed by atoms with van der Waals surface area (Å²) >= 11 is 5.99. The number of nitrogen functional groups attached to an aromatic ring is 1. The number of nitro benzene ring substituents is 1. The fraction of sp³-hybridized carbons (Fsp3) is 0. The van der Waals surface area contributed by atoms with Crippen LogP contribution in [0.4, 0.5) is 22.7 Å². The van der Waals surface area contributed by atoms with Gasteiger partial charge in [0.2, 0.25) is 0 Å². The Morgan fingerprint density at radius 2 is 1.89 bits per heavy atom. The number of para-hydroxylation sites is 2. The van der Waals surface area contributed by atoms with Gasteiger partial charge in [0, 0.05) is 11.8 Å². The molecule has 0 spiro atoms. The van der Waals surface area contributed by atoms with Gasteiger partial charge in [0.15, 0.2) is 0 Å². The molecule has 92 valence electrons. The predicted octanol–water partition coefficient (Wildman–Crippen LogP) is 3.57. The van der Waals surface area contributed by atoms with Crippen LogP contribution < -0.4 is 11.1 Å². The zero-order valence-electron chi connectivity index (χ0n) is 9.26. The first kappa shape index (κ1) is 12.2. The largest absolute Gasteiger partial charge is 0.399 e. The van der Waals surface area contributed by atoms with Crippen molar-refractivity contribution < 1.29 is 4.92 Å². The van der Waals surface area contributed by atoms with E-state index in [0.29, 0.717) is 22.1 Å². The van der Waals surface area contributed by atoms with E-state index in [1.807, 2.05) is 0 Å². The Kier molecular flexibility index (Phi) is 3.34. The molecule has 2 rings (SSSR count). The SMILES string of the molecule is Nc1ccc(Cl)c(Nc2ccccc2[N+](=O)[O-])c1. The lowest BCUT2D eigenvalue weighted by Gasteiger charge is -2.09. The number of nitrogens with one attached hydrogen (secondary N) is 1. The van der Waals surface area contributed by atoms with Crippen molar-refractivity contribution in [3.63, 3.8) is 0 Å². The molecule has 0 unspecified atom stereocenters. The summed E-state index contributed by atoms with van der Waals surface area (Å²) in [4.78, 5) is 10.4. The van der Waals surface area contributed by atoms with Crippen LogP contribution in [-0.4, -0.2) is 4.92 Å². The third kappa shape index (κ3) is 2.52. The van der Waals surface area contributed by atoms with Crippen LogP contribution in [0, 0.1) is 10.1 Å². The van der Waals surface area contributed by atoms with Crippen molar-refractivity contribution >= 4 is 34.4 Å². The number of halogens is 1. The zero-order valence-corrected chi connectivity index (χ0v) is 10.0. The Morgan fingerprint density at radius 3 is 2.61 bits per heavy atom. The maximum Gasteiger partial charge on any atom is 0.292 e. The Bertz CT molecular complexity index is 602. The van der Waals surface area contributed by atoms with Gasteiger partial charge in [0.1, 0.15) is 5.69 Å². The number of hydrogen-bond donors (Lipinski definition) is 2. The van der Waals surface area contributed by atoms with Crippen molar-refractivity contribution in [2.24, 2.45) is 0 Å². The molecule has 2 aromatic rings. The minimum Gasteiger partial charge on any atom is -0.399 e. The highest BCUT2D eigenvalue weighted by molar-refractivity contribution is 6.33. The van der Waals surface area contributed by atoms with Gasteiger partial charge in [-0.05, 0) is 24.3 Å². The molecule has 0 radical (unpaired) electrons. The van der Waals surface area contributed by atoms with Gasteiger partial charge in [-0.2, -0.15) is 0 Å². The van der Waals surface area contributed by atoms with Crippen LogP contribution in [0.5, 0.6) is 0 Å². The van der Waals surface area contributed by atoms with E-state index in [2.05, 4.69) is 5.32 Å². The lowest BCUT2D eigenvalue weighted by atomic mass is 10.2. The second-order valence-electron chi connectivity index (χ2n) is 3.64. The van der Waals surface area contributed by atoms with Crippen LogP contribution in [0.2, 0.25) is 5.02 Å². The van der Waals surface area contributed by atoms with E-state index in [9.17, 15) is 10.1 Å². The van der Waals surface area contributed by atoms with Gasteiger partial charge in [0.25, 0.3) is 5.69 Å². The number of benzene rings is 2. The minimum absolute atomic E-state index is 0.0176. The number of rotatable bonds is 3. The smallest absolute Gasteiger partial charge is 0.292 e. The molecule has 0 aliphatic rings. The third-order valence-corrected chi connectivity index (χ3v) is 2.69. The Morgan fingerprint density at radius 1 is 1.17 bits per heavy atom. The van der Waals surface area contributed by atoms with Gasteiger partial charge in [0.05, 0.1) is 15.6 Å². The first-order chi connectivity index (χ1) is 8.58. The van der Waals surface area contributed by atoms with E-state index in [0.717, 1.165) is 0 Å². The molecule has 0 fully saturated rings. The maximum absolute atomic E-state index is 10.9. The van der Waals surface area contributed by atoms with Gasteiger partial charge < -0.3 is 11.1 Å². The zero-order chi connectivity index (χ0) is 13.1. The second kappa shape index (κ2) is 4.93. The summed E-state index contributed by atoms with van der Waals surface area (Å²) < 4.78 is 0. The Hall–Kier alpha value is -2.27. The average Bonchev–Trinajstić information content (AvgIpc) is 2.34. The summed E-state index contributed by atoms with van der Waals surface area (Å²) in [6.07, 6.45) is 0. The molecule has 0 saturated heterocycles. The van der Waals surface area contributed by atoms with Gasteiger partial charge in [-0.25, -0.2) is 0 Å². The van der Waals surface area contributed by atoms with E-state index in [4.69, 9.17) is 17.3 Å². The van der Waals surface area contributed by atoms with Crippen LogP contribution in [0.25, 0.3) is 0 Å². The normalized spacial score (nSPS) is 10.1. The molecule has 0 aliphatic carbocycles. The van der Waals surface area contributed by atoms with Crippen molar-refractivity contribution in [1.82, 2.24) is 0 Å². The van der Waals surface area contributed by atoms with Crippen molar-refractivity contribution in [2.45, 2.75) is 0 Å². The third-order valence-electron chi connectivity index (χ3n) is 2.36. The molecule has 0 saturated carbocycles. The van der Waals surface area contributed by atoms with Crippen molar-refractivity contribution in [2.75, 3.05) is 11.1 Å². The topological polar surface area (TPSA) is 81.2 Å². The summed E-state index contributed by atoms with van der Waals surface area (Å²) in [6, 6.07) is 11.2. The van der Waals surface area contributed by atoms with Gasteiger partial charge in [-0.3, -0.25) is 10.1 Å². The molecule has 6 heteroatoms. The Labute approximate surface area is 108 Å². The predicted molar refractivity (Wildman–Crippen MR) is 72.2 cm³/mol. The first-order valence-corrected chi connectivity index (χ1v) is 5.51. The summed E-state index contributed by atoms with van der Waals surface area (Å²) in [5.74, 6) is 0. The van der Waals surface area contributed by atoms with E-state index in [-0.39, 0.29) is 5.69 Å². The molecule has 3 N–H and O–H groups in total. The molecule has 2 aromatic carbocycles. The number of anilines is 3. The van der Waals surface area contributed by atoms with Gasteiger partial charge in [-0.15, -0.1) is 0 Å². The lowest BCUT2D eigenvalue weighted by Crippen LogP contribution is -1.98. The minimum atomic E-state index is -0.456. The molecule has 18 heavy (non-hydrogen) atoms. The number of hydrogen-bond acceptors (Lipinski definition) is 4. The molecule has 5 nitrogen and oxygen atoms in total. The molecular weight excluding hydrogens is 254 g/mol. The Balaban J connectivity index is 2.40. The van der Waals surface area contributed by atoms with Gasteiger partial charge in [-0.1, -0.05) is 23.7 Å². The molecule has 0 heterocycles. The summed E-state index contributed by atoms with van der Waals surface area (Å²) in [7, 11) is 0. The van der Waals surface area contributed by atoms with Gasteiger partial charge >= 0.3 is 0 Å². The van der Waals surface area contributed by atoms with Crippen LogP contribution in [-0.2, 0) is 0 Å². The van der Waals surface area contributed by atoms with E-state index in [1.54, 1.807) is 36.4 Å². The monoisotopic (exact) mass is 263 g/mol. The fourth-order valence-corrected chi connectivity index (χ4v) is 1.69. The highest BCUT2D eigenvalue weighted by Crippen LogP contribution is 2.31. The van der Waals surface area contributed by atoms with Crippen LogP contribution >= 0.6 is 11.6 Å². The standard InChI is InChI=1S/C12H10ClN3O2/c13-9-6-5-8(14)7-11(9)15-10-3-1-2-4-12(10)16(17)18/h1-7,15H,14H2. The lowest BCUT2D eigenvalue weighted by molar-refractivity contribution is -0.383. The molecular formula is C12H10ClN3O2. The summed E-state index contributed by atoms with van der Waals surface area (Å²) in [5.41, 5.74) is 7.06. The van der Waals surface area contributed by atoms with Crippen molar-refractivity contribution in [1.29, 1.82) is 0 Å². The van der Waals surface area contributed by atoms with Crippen molar-refractivity contribution in [3.05, 3.63) is 57.6 Å². The maximum atomic E-state index is 10.9.